The summed E-state index contributed by atoms with van der Waals surface area (Å²) in [6, 6.07) is 11.9. The Kier molecular flexibility index (Phi) is 6.85. The van der Waals surface area contributed by atoms with E-state index in [-0.39, 0.29) is 12.2 Å². The lowest BCUT2D eigenvalue weighted by atomic mass is 10.0. The number of aliphatic hydroxyl groups is 1. The number of ketones is 1. The molecule has 0 amide bonds. The molecule has 6 nitrogen and oxygen atoms in total. The second-order valence-corrected chi connectivity index (χ2v) is 6.28. The fourth-order valence-electron chi connectivity index (χ4n) is 2.54. The van der Waals surface area contributed by atoms with Crippen molar-refractivity contribution in [2.75, 3.05) is 26.2 Å². The fraction of sp³-hybridized carbons (Fsp3) is 0.316. The predicted octanol–water partition coefficient (Wildman–Crippen LogP) is 2.71. The van der Waals surface area contributed by atoms with E-state index in [0.29, 0.717) is 22.1 Å². The lowest BCUT2D eigenvalue weighted by Gasteiger charge is -2.30. The molecule has 140 valence electrons. The summed E-state index contributed by atoms with van der Waals surface area (Å²) in [6.45, 7) is 0. The van der Waals surface area contributed by atoms with Crippen molar-refractivity contribution < 1.29 is 19.4 Å². The molecule has 0 radical (unpaired) electrons. The number of halogens is 1. The first-order valence-electron chi connectivity index (χ1n) is 8.04. The van der Waals surface area contributed by atoms with E-state index in [4.69, 9.17) is 26.8 Å². The molecule has 0 saturated carbocycles. The molecule has 0 fully saturated rings. The number of benzene rings is 2. The normalized spacial score (nSPS) is 13.0. The van der Waals surface area contributed by atoms with Crippen LogP contribution in [0, 0.1) is 0 Å². The Morgan fingerprint density at radius 3 is 2.35 bits per heavy atom. The van der Waals surface area contributed by atoms with E-state index in [0.717, 1.165) is 5.69 Å². The number of nitrogens with two attached hydrogens (primary N) is 1. The number of carbonyl (C=O) groups is 1. The van der Waals surface area contributed by atoms with Gasteiger partial charge in [0, 0.05) is 29.7 Å². The highest BCUT2D eigenvalue weighted by Crippen LogP contribution is 2.28. The van der Waals surface area contributed by atoms with Crippen LogP contribution in [0.25, 0.3) is 0 Å². The van der Waals surface area contributed by atoms with Crippen LogP contribution in [0.3, 0.4) is 0 Å². The quantitative estimate of drug-likeness (QED) is 0.542. The maximum atomic E-state index is 12.5. The van der Waals surface area contributed by atoms with Gasteiger partial charge in [0.25, 0.3) is 0 Å². The Balaban J connectivity index is 2.07. The molecule has 0 saturated heterocycles. The lowest BCUT2D eigenvalue weighted by molar-refractivity contribution is 0.0836. The van der Waals surface area contributed by atoms with E-state index in [1.165, 1.54) is 14.2 Å². The zero-order valence-electron chi connectivity index (χ0n) is 15.0. The van der Waals surface area contributed by atoms with Gasteiger partial charge in [-0.15, -0.1) is 0 Å². The van der Waals surface area contributed by atoms with Crippen LogP contribution in [0.1, 0.15) is 16.8 Å². The Labute approximate surface area is 158 Å². The van der Waals surface area contributed by atoms with Crippen LogP contribution in [-0.2, 0) is 0 Å². The van der Waals surface area contributed by atoms with Crippen LogP contribution in [0.2, 0.25) is 5.02 Å². The van der Waals surface area contributed by atoms with Crippen molar-refractivity contribution in [1.82, 2.24) is 0 Å². The molecule has 0 aliphatic carbocycles. The monoisotopic (exact) mass is 378 g/mol. The van der Waals surface area contributed by atoms with Crippen molar-refractivity contribution in [1.29, 1.82) is 0 Å². The fourth-order valence-corrected chi connectivity index (χ4v) is 2.67. The molecule has 2 unspecified atom stereocenters. The molecule has 2 atom stereocenters. The largest absolute Gasteiger partial charge is 0.493 e. The van der Waals surface area contributed by atoms with E-state index >= 15 is 0 Å². The number of rotatable bonds is 8. The number of carbonyl (C=O) groups excluding carboxylic acids is 1. The number of Topliss-reactive ketones (excluding diaryl/α,β-unsaturated/α-hetero) is 1. The molecule has 0 aliphatic rings. The summed E-state index contributed by atoms with van der Waals surface area (Å²) in [5.74, 6) is 0.748. The van der Waals surface area contributed by atoms with Gasteiger partial charge < -0.3 is 25.2 Å². The molecule has 0 bridgehead atoms. The summed E-state index contributed by atoms with van der Waals surface area (Å²) in [6.07, 6.45) is -1.91. The minimum atomic E-state index is -1.05. The summed E-state index contributed by atoms with van der Waals surface area (Å²) in [4.78, 5) is 14.2. The topological polar surface area (TPSA) is 85.0 Å². The molecule has 0 spiro atoms. The number of nitrogens with zero attached hydrogens (tertiary/aromatic N) is 1. The third kappa shape index (κ3) is 4.66. The number of methoxy groups -OCH3 is 2. The van der Waals surface area contributed by atoms with Crippen LogP contribution < -0.4 is 20.1 Å². The lowest BCUT2D eigenvalue weighted by Crippen LogP contribution is -2.49. The Bertz CT molecular complexity index is 752. The Hall–Kier alpha value is -2.28. The molecule has 2 aromatic carbocycles. The van der Waals surface area contributed by atoms with E-state index < -0.39 is 12.3 Å². The number of ether oxygens (including phenoxy) is 2. The van der Waals surface area contributed by atoms with Crippen molar-refractivity contribution in [3.05, 3.63) is 53.1 Å². The van der Waals surface area contributed by atoms with Gasteiger partial charge in [-0.25, -0.2) is 0 Å². The van der Waals surface area contributed by atoms with Gasteiger partial charge in [-0.3, -0.25) is 4.79 Å². The Morgan fingerprint density at radius 2 is 1.77 bits per heavy atom. The predicted molar refractivity (Wildman–Crippen MR) is 102 cm³/mol. The van der Waals surface area contributed by atoms with Gasteiger partial charge >= 0.3 is 0 Å². The molecule has 3 N–H and O–H groups in total. The zero-order chi connectivity index (χ0) is 19.3. The summed E-state index contributed by atoms with van der Waals surface area (Å²) >= 11 is 5.88. The van der Waals surface area contributed by atoms with Crippen LogP contribution in [0.5, 0.6) is 11.5 Å². The number of anilines is 1. The molecule has 2 rings (SSSR count). The highest BCUT2D eigenvalue weighted by atomic mass is 35.5. The number of hydrogen-bond donors (Lipinski definition) is 2. The first kappa shape index (κ1) is 20.0. The molecular formula is C19H23ClN2O4. The first-order chi connectivity index (χ1) is 12.4. The summed E-state index contributed by atoms with van der Waals surface area (Å²) in [5, 5.41) is 11.0. The molecule has 0 aliphatic heterocycles. The van der Waals surface area contributed by atoms with E-state index in [1.54, 1.807) is 54.4 Å². The molecule has 2 aromatic rings. The zero-order valence-corrected chi connectivity index (χ0v) is 15.7. The SMILES string of the molecule is COc1ccc(C(=O)CC(O)C(N)N(C)c2ccc(Cl)cc2)cc1OC. The Morgan fingerprint density at radius 1 is 1.15 bits per heavy atom. The van der Waals surface area contributed by atoms with Gasteiger partial charge in [0.15, 0.2) is 17.3 Å². The van der Waals surface area contributed by atoms with Crippen LogP contribution >= 0.6 is 11.6 Å². The minimum absolute atomic E-state index is 0.116. The van der Waals surface area contributed by atoms with Gasteiger partial charge in [-0.1, -0.05) is 11.6 Å². The average Bonchev–Trinajstić information content (AvgIpc) is 2.66. The third-order valence-electron chi connectivity index (χ3n) is 4.18. The van der Waals surface area contributed by atoms with Gasteiger partial charge in [0.2, 0.25) is 0 Å². The number of hydrogen-bond acceptors (Lipinski definition) is 6. The average molecular weight is 379 g/mol. The van der Waals surface area contributed by atoms with Gasteiger partial charge in [-0.2, -0.15) is 0 Å². The molecule has 7 heteroatoms. The maximum Gasteiger partial charge on any atom is 0.165 e. The second-order valence-electron chi connectivity index (χ2n) is 5.84. The summed E-state index contributed by atoms with van der Waals surface area (Å²) in [5.41, 5.74) is 7.32. The van der Waals surface area contributed by atoms with Crippen molar-refractivity contribution in [2.24, 2.45) is 5.73 Å². The highest BCUT2D eigenvalue weighted by Gasteiger charge is 2.23. The van der Waals surface area contributed by atoms with Gasteiger partial charge in [0.1, 0.15) is 6.17 Å². The maximum absolute atomic E-state index is 12.5. The first-order valence-corrected chi connectivity index (χ1v) is 8.42. The van der Waals surface area contributed by atoms with Crippen molar-refractivity contribution in [2.45, 2.75) is 18.7 Å². The molecular weight excluding hydrogens is 356 g/mol. The smallest absolute Gasteiger partial charge is 0.165 e. The second kappa shape index (κ2) is 8.89. The van der Waals surface area contributed by atoms with E-state index in [9.17, 15) is 9.90 Å². The van der Waals surface area contributed by atoms with Crippen molar-refractivity contribution in [3.63, 3.8) is 0 Å². The van der Waals surface area contributed by atoms with Crippen molar-refractivity contribution in [3.8, 4) is 11.5 Å². The number of aliphatic hydroxyl groups excluding tert-OH is 1. The van der Waals surface area contributed by atoms with Crippen molar-refractivity contribution >= 4 is 23.1 Å². The number of likely N-dealkylation sites (N-methyl/N-ethyl adjacent to an activating group) is 1. The highest BCUT2D eigenvalue weighted by molar-refractivity contribution is 6.30. The van der Waals surface area contributed by atoms with Gasteiger partial charge in [0.05, 0.1) is 20.3 Å². The summed E-state index contributed by atoms with van der Waals surface area (Å²) in [7, 11) is 4.77. The molecule has 26 heavy (non-hydrogen) atoms. The third-order valence-corrected chi connectivity index (χ3v) is 4.43. The minimum Gasteiger partial charge on any atom is -0.493 e. The van der Waals surface area contributed by atoms with Crippen LogP contribution in [-0.4, -0.2) is 44.4 Å². The molecule has 0 aromatic heterocycles. The summed E-state index contributed by atoms with van der Waals surface area (Å²) < 4.78 is 10.4. The van der Waals surface area contributed by atoms with Crippen LogP contribution in [0.15, 0.2) is 42.5 Å². The molecule has 0 heterocycles. The van der Waals surface area contributed by atoms with E-state index in [1.807, 2.05) is 0 Å². The van der Waals surface area contributed by atoms with E-state index in [2.05, 4.69) is 0 Å². The van der Waals surface area contributed by atoms with Gasteiger partial charge in [-0.05, 0) is 42.5 Å². The standard InChI is InChI=1S/C19H23ClN2O4/c1-22(14-7-5-13(20)6-8-14)19(21)16(24)11-15(23)12-4-9-17(25-2)18(10-12)26-3/h4-10,16,19,24H,11,21H2,1-3H3. The van der Waals surface area contributed by atoms with Crippen LogP contribution in [0.4, 0.5) is 5.69 Å².